The largest absolute Gasteiger partial charge is 0.396 e. The van der Waals surface area contributed by atoms with E-state index in [1.54, 1.807) is 0 Å². The number of hydrogen-bond acceptors (Lipinski definition) is 3. The van der Waals surface area contributed by atoms with Gasteiger partial charge in [-0.1, -0.05) is 0 Å². The van der Waals surface area contributed by atoms with Crippen LogP contribution in [-0.2, 0) is 12.8 Å². The van der Waals surface area contributed by atoms with Gasteiger partial charge in [0.05, 0.1) is 6.61 Å². The second kappa shape index (κ2) is 3.78. The first kappa shape index (κ1) is 9.19. The van der Waals surface area contributed by atoms with Gasteiger partial charge in [0.2, 0.25) is 0 Å². The van der Waals surface area contributed by atoms with Crippen molar-refractivity contribution in [3.05, 3.63) is 21.4 Å². The molecule has 0 aliphatic heterocycles. The predicted octanol–water partition coefficient (Wildman–Crippen LogP) is 1.27. The number of aliphatic hydroxyl groups excluding tert-OH is 1. The molecule has 13 heavy (non-hydrogen) atoms. The van der Waals surface area contributed by atoms with Crippen molar-refractivity contribution < 1.29 is 5.11 Å². The highest BCUT2D eigenvalue weighted by atomic mass is 32.1. The lowest BCUT2D eigenvalue weighted by Gasteiger charge is -2.07. The van der Waals surface area contributed by atoms with E-state index in [9.17, 15) is 0 Å². The first-order chi connectivity index (χ1) is 6.35. The fourth-order valence-corrected chi connectivity index (χ4v) is 3.20. The standard InChI is InChI=1S/C10H15NOS/c11-5-8(6-12)10-4-7-2-1-3-9(7)13-10/h4,8,12H,1-3,5-6,11H2. The molecule has 0 amide bonds. The molecular formula is C10H15NOS. The molecule has 0 fully saturated rings. The Morgan fingerprint density at radius 3 is 3.00 bits per heavy atom. The quantitative estimate of drug-likeness (QED) is 0.766. The average Bonchev–Trinajstić information content (AvgIpc) is 2.65. The first-order valence-corrected chi connectivity index (χ1v) is 5.59. The van der Waals surface area contributed by atoms with Crippen molar-refractivity contribution in [2.75, 3.05) is 13.2 Å². The zero-order chi connectivity index (χ0) is 9.26. The number of nitrogens with two attached hydrogens (primary N) is 1. The molecule has 1 aromatic rings. The van der Waals surface area contributed by atoms with Crippen molar-refractivity contribution in [1.82, 2.24) is 0 Å². The van der Waals surface area contributed by atoms with E-state index in [4.69, 9.17) is 10.8 Å². The maximum Gasteiger partial charge on any atom is 0.0519 e. The molecule has 0 spiro atoms. The summed E-state index contributed by atoms with van der Waals surface area (Å²) in [6, 6.07) is 2.24. The van der Waals surface area contributed by atoms with E-state index in [0.29, 0.717) is 6.54 Å². The van der Waals surface area contributed by atoms with Crippen molar-refractivity contribution in [2.45, 2.75) is 25.2 Å². The maximum absolute atomic E-state index is 9.10. The Hall–Kier alpha value is -0.380. The molecule has 0 saturated carbocycles. The minimum Gasteiger partial charge on any atom is -0.396 e. The molecular weight excluding hydrogens is 182 g/mol. The van der Waals surface area contributed by atoms with Crippen molar-refractivity contribution in [1.29, 1.82) is 0 Å². The molecule has 1 unspecified atom stereocenters. The van der Waals surface area contributed by atoms with Crippen molar-refractivity contribution in [3.8, 4) is 0 Å². The van der Waals surface area contributed by atoms with Gasteiger partial charge in [-0.2, -0.15) is 0 Å². The maximum atomic E-state index is 9.10. The average molecular weight is 197 g/mol. The lowest BCUT2D eigenvalue weighted by atomic mass is 10.1. The summed E-state index contributed by atoms with van der Waals surface area (Å²) in [6.45, 7) is 0.728. The fraction of sp³-hybridized carbons (Fsp3) is 0.600. The van der Waals surface area contributed by atoms with Crippen LogP contribution in [0.4, 0.5) is 0 Å². The Bertz CT molecular complexity index is 270. The number of thiophene rings is 1. The van der Waals surface area contributed by atoms with Crippen molar-refractivity contribution in [2.24, 2.45) is 5.73 Å². The third-order valence-corrected chi connectivity index (χ3v) is 4.07. The predicted molar refractivity (Wildman–Crippen MR) is 55.2 cm³/mol. The van der Waals surface area contributed by atoms with Crippen LogP contribution in [0.1, 0.15) is 27.7 Å². The molecule has 0 radical (unpaired) electrons. The molecule has 2 rings (SSSR count). The number of aliphatic hydroxyl groups is 1. The number of aryl methyl sites for hydroxylation is 2. The van der Waals surface area contributed by atoms with Crippen molar-refractivity contribution >= 4 is 11.3 Å². The highest BCUT2D eigenvalue weighted by Crippen LogP contribution is 2.33. The van der Waals surface area contributed by atoms with E-state index in [0.717, 1.165) is 0 Å². The molecule has 0 aromatic carbocycles. The number of hydrogen-bond donors (Lipinski definition) is 2. The Morgan fingerprint density at radius 1 is 1.54 bits per heavy atom. The molecule has 1 atom stereocenters. The summed E-state index contributed by atoms with van der Waals surface area (Å²) in [6.07, 6.45) is 3.74. The van der Waals surface area contributed by atoms with Crippen LogP contribution in [-0.4, -0.2) is 18.3 Å². The van der Waals surface area contributed by atoms with Crippen molar-refractivity contribution in [3.63, 3.8) is 0 Å². The third kappa shape index (κ3) is 1.64. The van der Waals surface area contributed by atoms with Crippen LogP contribution >= 0.6 is 11.3 Å². The van der Waals surface area contributed by atoms with Gasteiger partial charge in [-0.05, 0) is 30.9 Å². The van der Waals surface area contributed by atoms with Gasteiger partial charge in [0.1, 0.15) is 0 Å². The van der Waals surface area contributed by atoms with E-state index < -0.39 is 0 Å². The topological polar surface area (TPSA) is 46.2 Å². The summed E-state index contributed by atoms with van der Waals surface area (Å²) in [5.74, 6) is 0.163. The van der Waals surface area contributed by atoms with Gasteiger partial charge >= 0.3 is 0 Å². The van der Waals surface area contributed by atoms with E-state index in [1.165, 1.54) is 34.6 Å². The van der Waals surface area contributed by atoms with Crippen LogP contribution < -0.4 is 5.73 Å². The SMILES string of the molecule is NCC(CO)c1cc2c(s1)CCC2. The van der Waals surface area contributed by atoms with Crippen LogP contribution in [0.3, 0.4) is 0 Å². The van der Waals surface area contributed by atoms with Crippen LogP contribution in [0.15, 0.2) is 6.07 Å². The molecule has 2 nitrogen and oxygen atoms in total. The normalized spacial score (nSPS) is 17.4. The lowest BCUT2D eigenvalue weighted by molar-refractivity contribution is 0.269. The molecule has 1 heterocycles. The summed E-state index contributed by atoms with van der Waals surface area (Å²) in [5, 5.41) is 9.10. The monoisotopic (exact) mass is 197 g/mol. The molecule has 3 N–H and O–H groups in total. The molecule has 72 valence electrons. The van der Waals surface area contributed by atoms with Crippen LogP contribution in [0, 0.1) is 0 Å². The molecule has 0 saturated heterocycles. The van der Waals surface area contributed by atoms with Gasteiger partial charge < -0.3 is 10.8 Å². The Kier molecular flexibility index (Phi) is 2.67. The Morgan fingerprint density at radius 2 is 2.38 bits per heavy atom. The van der Waals surface area contributed by atoms with Crippen LogP contribution in [0.2, 0.25) is 0 Å². The van der Waals surface area contributed by atoms with Gasteiger partial charge in [-0.3, -0.25) is 0 Å². The fourth-order valence-electron chi connectivity index (χ4n) is 1.83. The highest BCUT2D eigenvalue weighted by molar-refractivity contribution is 7.12. The number of fused-ring (bicyclic) bond motifs is 1. The van der Waals surface area contributed by atoms with Gasteiger partial charge in [0.15, 0.2) is 0 Å². The summed E-state index contributed by atoms with van der Waals surface area (Å²) in [4.78, 5) is 2.79. The second-order valence-corrected chi connectivity index (χ2v) is 4.73. The molecule has 1 aliphatic carbocycles. The summed E-state index contributed by atoms with van der Waals surface area (Å²) in [5.41, 5.74) is 7.07. The lowest BCUT2D eigenvalue weighted by Crippen LogP contribution is -2.14. The second-order valence-electron chi connectivity index (χ2n) is 3.57. The van der Waals surface area contributed by atoms with E-state index in [2.05, 4.69) is 6.07 Å². The van der Waals surface area contributed by atoms with E-state index in [-0.39, 0.29) is 12.5 Å². The van der Waals surface area contributed by atoms with E-state index >= 15 is 0 Å². The smallest absolute Gasteiger partial charge is 0.0519 e. The van der Waals surface area contributed by atoms with Crippen LogP contribution in [0.25, 0.3) is 0 Å². The van der Waals surface area contributed by atoms with Gasteiger partial charge in [-0.15, -0.1) is 11.3 Å². The minimum absolute atomic E-state index is 0.163. The summed E-state index contributed by atoms with van der Waals surface area (Å²) >= 11 is 1.84. The van der Waals surface area contributed by atoms with Crippen LogP contribution in [0.5, 0.6) is 0 Å². The van der Waals surface area contributed by atoms with Gasteiger partial charge in [0.25, 0.3) is 0 Å². The van der Waals surface area contributed by atoms with Gasteiger partial charge in [-0.25, -0.2) is 0 Å². The highest BCUT2D eigenvalue weighted by Gasteiger charge is 2.18. The molecule has 1 aliphatic rings. The molecule has 3 heteroatoms. The zero-order valence-corrected chi connectivity index (χ0v) is 8.44. The third-order valence-electron chi connectivity index (χ3n) is 2.67. The molecule has 1 aromatic heterocycles. The molecule has 0 bridgehead atoms. The zero-order valence-electron chi connectivity index (χ0n) is 7.62. The number of rotatable bonds is 3. The Labute approximate surface area is 82.4 Å². The Balaban J connectivity index is 2.22. The summed E-state index contributed by atoms with van der Waals surface area (Å²) in [7, 11) is 0. The van der Waals surface area contributed by atoms with Gasteiger partial charge in [0, 0.05) is 22.2 Å². The first-order valence-electron chi connectivity index (χ1n) is 4.77. The summed E-state index contributed by atoms with van der Waals surface area (Å²) < 4.78 is 0. The van der Waals surface area contributed by atoms with E-state index in [1.807, 2.05) is 11.3 Å². The minimum atomic E-state index is 0.163.